The second-order valence-electron chi connectivity index (χ2n) is 6.77. The smallest absolute Gasteiger partial charge is 0.318 e. The van der Waals surface area contributed by atoms with Crippen molar-refractivity contribution in [2.45, 2.75) is 12.2 Å². The van der Waals surface area contributed by atoms with Crippen LogP contribution in [-0.2, 0) is 9.59 Å². The Morgan fingerprint density at radius 2 is 1.88 bits per heavy atom. The zero-order valence-electron chi connectivity index (χ0n) is 18.0. The Balaban J connectivity index is 1.99. The molecule has 4 amide bonds. The Morgan fingerprint density at radius 1 is 1.18 bits per heavy atom. The predicted octanol–water partition coefficient (Wildman–Crippen LogP) is 3.42. The number of carbonyl (C=O) groups is 3. The minimum atomic E-state index is -0.962. The SMILES string of the molecule is COc1ccc(/C=C2\N=C(S[C@H](C)C(=O)NC(N)=O)N(c3ccc(Cl)c(OC)c3)C2=O)cc1. The van der Waals surface area contributed by atoms with E-state index >= 15 is 0 Å². The van der Waals surface area contributed by atoms with Crippen molar-refractivity contribution in [2.24, 2.45) is 10.7 Å². The second kappa shape index (κ2) is 10.4. The lowest BCUT2D eigenvalue weighted by Crippen LogP contribution is -2.41. The minimum Gasteiger partial charge on any atom is -0.497 e. The van der Waals surface area contributed by atoms with Crippen molar-refractivity contribution in [1.29, 1.82) is 0 Å². The van der Waals surface area contributed by atoms with Crippen molar-refractivity contribution in [3.63, 3.8) is 0 Å². The maximum absolute atomic E-state index is 13.3. The summed E-state index contributed by atoms with van der Waals surface area (Å²) in [6.07, 6.45) is 1.63. The number of anilines is 1. The molecule has 0 bridgehead atoms. The number of amidine groups is 1. The van der Waals surface area contributed by atoms with E-state index in [0.717, 1.165) is 17.3 Å². The summed E-state index contributed by atoms with van der Waals surface area (Å²) >= 11 is 7.13. The molecule has 3 rings (SSSR count). The highest BCUT2D eigenvalue weighted by molar-refractivity contribution is 8.15. The molecule has 2 aromatic rings. The van der Waals surface area contributed by atoms with E-state index in [1.54, 1.807) is 62.6 Å². The number of halogens is 1. The van der Waals surface area contributed by atoms with Crippen LogP contribution in [0, 0.1) is 0 Å². The number of imide groups is 1. The van der Waals surface area contributed by atoms with Crippen LogP contribution >= 0.6 is 23.4 Å². The number of rotatable bonds is 6. The molecule has 9 nitrogen and oxygen atoms in total. The van der Waals surface area contributed by atoms with Gasteiger partial charge in [0.25, 0.3) is 5.91 Å². The fourth-order valence-electron chi connectivity index (χ4n) is 2.88. The van der Waals surface area contributed by atoms with E-state index < -0.39 is 23.1 Å². The molecule has 1 atom stereocenters. The van der Waals surface area contributed by atoms with Gasteiger partial charge in [0.15, 0.2) is 5.17 Å². The third kappa shape index (κ3) is 5.65. The second-order valence-corrected chi connectivity index (χ2v) is 8.49. The van der Waals surface area contributed by atoms with Gasteiger partial charge in [-0.2, -0.15) is 0 Å². The molecular weight excluding hydrogens is 468 g/mol. The van der Waals surface area contributed by atoms with Crippen molar-refractivity contribution in [3.8, 4) is 11.5 Å². The first-order valence-electron chi connectivity index (χ1n) is 9.63. The lowest BCUT2D eigenvalue weighted by Gasteiger charge is -2.20. The number of hydrogen-bond acceptors (Lipinski definition) is 7. The summed E-state index contributed by atoms with van der Waals surface area (Å²) in [6, 6.07) is 11.0. The maximum atomic E-state index is 13.3. The monoisotopic (exact) mass is 488 g/mol. The quantitative estimate of drug-likeness (QED) is 0.600. The van der Waals surface area contributed by atoms with Crippen LogP contribution in [0.5, 0.6) is 11.5 Å². The summed E-state index contributed by atoms with van der Waals surface area (Å²) in [6.45, 7) is 1.57. The average molecular weight is 489 g/mol. The first kappa shape index (κ1) is 24.1. The van der Waals surface area contributed by atoms with Gasteiger partial charge in [0.2, 0.25) is 5.91 Å². The summed E-state index contributed by atoms with van der Waals surface area (Å²) in [7, 11) is 3.03. The van der Waals surface area contributed by atoms with Crippen LogP contribution in [0.2, 0.25) is 5.02 Å². The molecule has 0 unspecified atom stereocenters. The molecule has 1 aliphatic rings. The maximum Gasteiger partial charge on any atom is 0.318 e. The molecule has 0 saturated carbocycles. The van der Waals surface area contributed by atoms with Crippen molar-refractivity contribution in [2.75, 3.05) is 19.1 Å². The summed E-state index contributed by atoms with van der Waals surface area (Å²) in [5.41, 5.74) is 6.39. The molecule has 0 fully saturated rings. The molecule has 33 heavy (non-hydrogen) atoms. The van der Waals surface area contributed by atoms with Gasteiger partial charge in [0.05, 0.1) is 30.2 Å². The van der Waals surface area contributed by atoms with Crippen molar-refractivity contribution in [3.05, 3.63) is 58.7 Å². The molecule has 2 aromatic carbocycles. The summed E-state index contributed by atoms with van der Waals surface area (Å²) < 4.78 is 10.4. The molecule has 11 heteroatoms. The van der Waals surface area contributed by atoms with Gasteiger partial charge >= 0.3 is 6.03 Å². The first-order chi connectivity index (χ1) is 15.7. The molecule has 0 aliphatic carbocycles. The Labute approximate surface area is 199 Å². The standard InChI is InChI=1S/C22H21ClN4O5S/c1-12(19(28)26-21(24)30)33-22-25-17(10-13-4-7-15(31-2)8-5-13)20(29)27(22)14-6-9-16(23)18(11-14)32-3/h4-12H,1-3H3,(H3,24,26,28,30)/b17-10-/t12-/m1/s1. The van der Waals surface area contributed by atoms with Crippen LogP contribution in [0.4, 0.5) is 10.5 Å². The number of nitrogens with zero attached hydrogens (tertiary/aromatic N) is 2. The van der Waals surface area contributed by atoms with Gasteiger partial charge in [-0.25, -0.2) is 9.79 Å². The number of amides is 4. The van der Waals surface area contributed by atoms with E-state index in [4.69, 9.17) is 26.8 Å². The van der Waals surface area contributed by atoms with E-state index in [0.29, 0.717) is 22.2 Å². The number of urea groups is 1. The van der Waals surface area contributed by atoms with Crippen LogP contribution in [0.15, 0.2) is 53.2 Å². The minimum absolute atomic E-state index is 0.166. The van der Waals surface area contributed by atoms with Gasteiger partial charge in [0, 0.05) is 6.07 Å². The van der Waals surface area contributed by atoms with E-state index in [9.17, 15) is 14.4 Å². The number of nitrogens with one attached hydrogen (secondary N) is 1. The first-order valence-corrected chi connectivity index (χ1v) is 10.9. The van der Waals surface area contributed by atoms with Gasteiger partial charge < -0.3 is 15.2 Å². The molecule has 3 N–H and O–H groups in total. The molecule has 0 spiro atoms. The molecular formula is C22H21ClN4O5S. The van der Waals surface area contributed by atoms with Crippen molar-refractivity contribution in [1.82, 2.24) is 5.32 Å². The third-order valence-electron chi connectivity index (χ3n) is 4.54. The highest BCUT2D eigenvalue weighted by Crippen LogP contribution is 2.35. The highest BCUT2D eigenvalue weighted by atomic mass is 35.5. The van der Waals surface area contributed by atoms with Crippen LogP contribution in [0.25, 0.3) is 6.08 Å². The van der Waals surface area contributed by atoms with E-state index in [1.165, 1.54) is 12.0 Å². The lowest BCUT2D eigenvalue weighted by atomic mass is 10.2. The number of thioether (sulfide) groups is 1. The molecule has 1 heterocycles. The van der Waals surface area contributed by atoms with Gasteiger partial charge in [-0.1, -0.05) is 35.5 Å². The molecule has 172 valence electrons. The number of primary amides is 1. The molecule has 1 aliphatic heterocycles. The average Bonchev–Trinajstić information content (AvgIpc) is 3.08. The lowest BCUT2D eigenvalue weighted by molar-refractivity contribution is -0.119. The Bertz CT molecular complexity index is 1150. The van der Waals surface area contributed by atoms with Gasteiger partial charge in [-0.15, -0.1) is 0 Å². The third-order valence-corrected chi connectivity index (χ3v) is 5.90. The Morgan fingerprint density at radius 3 is 2.48 bits per heavy atom. The number of carbonyl (C=O) groups excluding carboxylic acids is 3. The zero-order chi connectivity index (χ0) is 24.1. The van der Waals surface area contributed by atoms with Gasteiger partial charge in [-0.3, -0.25) is 19.8 Å². The van der Waals surface area contributed by atoms with Crippen LogP contribution < -0.4 is 25.4 Å². The highest BCUT2D eigenvalue weighted by Gasteiger charge is 2.34. The molecule has 0 radical (unpaired) electrons. The summed E-state index contributed by atoms with van der Waals surface area (Å²) in [4.78, 5) is 42.4. The van der Waals surface area contributed by atoms with Crippen LogP contribution in [-0.4, -0.2) is 42.5 Å². The fourth-order valence-corrected chi connectivity index (χ4v) is 4.00. The number of nitrogens with two attached hydrogens (primary N) is 1. The number of hydrogen-bond donors (Lipinski definition) is 2. The number of ether oxygens (including phenoxy) is 2. The number of aliphatic imine (C=N–C) groups is 1. The van der Waals surface area contributed by atoms with Gasteiger partial charge in [-0.05, 0) is 42.8 Å². The number of methoxy groups -OCH3 is 2. The summed E-state index contributed by atoms with van der Waals surface area (Å²) in [5, 5.41) is 1.89. The van der Waals surface area contributed by atoms with Crippen molar-refractivity contribution < 1.29 is 23.9 Å². The fraction of sp³-hybridized carbons (Fsp3) is 0.182. The van der Waals surface area contributed by atoms with Crippen molar-refractivity contribution >= 4 is 58.1 Å². The van der Waals surface area contributed by atoms with E-state index in [-0.39, 0.29) is 10.9 Å². The van der Waals surface area contributed by atoms with Gasteiger partial charge in [0.1, 0.15) is 17.2 Å². The molecule has 0 aromatic heterocycles. The Kier molecular flexibility index (Phi) is 7.62. The summed E-state index contributed by atoms with van der Waals surface area (Å²) in [5.74, 6) is 0.0429. The normalized spacial score (nSPS) is 15.3. The van der Waals surface area contributed by atoms with Crippen LogP contribution in [0.1, 0.15) is 12.5 Å². The van der Waals surface area contributed by atoms with E-state index in [2.05, 4.69) is 4.99 Å². The van der Waals surface area contributed by atoms with E-state index in [1.807, 2.05) is 5.32 Å². The Hall–Kier alpha value is -3.50. The number of benzene rings is 2. The predicted molar refractivity (Wildman–Crippen MR) is 129 cm³/mol. The van der Waals surface area contributed by atoms with Crippen LogP contribution in [0.3, 0.4) is 0 Å². The zero-order valence-corrected chi connectivity index (χ0v) is 19.6. The molecule has 0 saturated heterocycles. The largest absolute Gasteiger partial charge is 0.497 e. The topological polar surface area (TPSA) is 123 Å².